The molecule has 29 heavy (non-hydrogen) atoms. The van der Waals surface area contributed by atoms with Gasteiger partial charge in [-0.05, 0) is 31.2 Å². The average molecular weight is 405 g/mol. The Kier molecular flexibility index (Phi) is 5.62. The predicted octanol–water partition coefficient (Wildman–Crippen LogP) is 4.23. The van der Waals surface area contributed by atoms with Crippen LogP contribution in [0.2, 0.25) is 0 Å². The molecular weight excluding hydrogens is 391 g/mol. The van der Waals surface area contributed by atoms with Crippen LogP contribution in [0.4, 0.5) is 13.2 Å². The van der Waals surface area contributed by atoms with Crippen LogP contribution in [0.15, 0.2) is 48.5 Å². The monoisotopic (exact) mass is 405 g/mol. The molecule has 3 aromatic rings. The lowest BCUT2D eigenvalue weighted by molar-refractivity contribution is -0.137. The molecule has 150 valence electrons. The number of carbonyl (C=O) groups excluding carboxylic acids is 1. The highest BCUT2D eigenvalue weighted by Gasteiger charge is 2.31. The Balaban J connectivity index is 2.05. The van der Waals surface area contributed by atoms with Crippen LogP contribution in [0.1, 0.15) is 23.0 Å². The van der Waals surface area contributed by atoms with E-state index >= 15 is 0 Å². The fourth-order valence-corrected chi connectivity index (χ4v) is 2.33. The predicted molar refractivity (Wildman–Crippen MR) is 94.4 cm³/mol. The molecule has 7 nitrogen and oxygen atoms in total. The Bertz CT molecular complexity index is 1040. The lowest BCUT2D eigenvalue weighted by Gasteiger charge is -2.11. The number of phenols is 1. The van der Waals surface area contributed by atoms with Crippen LogP contribution in [0.25, 0.3) is 11.4 Å². The van der Waals surface area contributed by atoms with E-state index in [1.54, 1.807) is 6.92 Å². The molecule has 2 aromatic carbocycles. The Morgan fingerprint density at radius 1 is 1.10 bits per heavy atom. The maximum atomic E-state index is 13.0. The molecule has 3 rings (SSSR count). The molecule has 0 spiro atoms. The number of hydrogen-bond donors (Lipinski definition) is 1. The van der Waals surface area contributed by atoms with E-state index in [9.17, 15) is 23.1 Å². The van der Waals surface area contributed by atoms with Gasteiger partial charge in [-0.25, -0.2) is 4.79 Å². The molecule has 0 saturated heterocycles. The summed E-state index contributed by atoms with van der Waals surface area (Å²) in [5, 5.41) is 17.0. The van der Waals surface area contributed by atoms with E-state index in [2.05, 4.69) is 15.2 Å². The average Bonchev–Trinajstić information content (AvgIpc) is 2.67. The highest BCUT2D eigenvalue weighted by molar-refractivity contribution is 5.89. The molecule has 0 aliphatic heterocycles. The normalized spacial score (nSPS) is 11.2. The SMILES string of the molecule is CCOC(=O)c1nnc(-c2cccc(C(F)(F)F)c2)nc1Oc1cccc(O)c1. The van der Waals surface area contributed by atoms with Gasteiger partial charge in [0, 0.05) is 11.6 Å². The summed E-state index contributed by atoms with van der Waals surface area (Å²) in [4.78, 5) is 16.2. The molecule has 0 aliphatic rings. The van der Waals surface area contributed by atoms with Gasteiger partial charge >= 0.3 is 12.1 Å². The molecule has 1 aromatic heterocycles. The second-order valence-corrected chi connectivity index (χ2v) is 5.69. The largest absolute Gasteiger partial charge is 0.508 e. The fraction of sp³-hybridized carbons (Fsp3) is 0.158. The van der Waals surface area contributed by atoms with Crippen molar-refractivity contribution >= 4 is 5.97 Å². The van der Waals surface area contributed by atoms with Gasteiger partial charge in [0.2, 0.25) is 5.69 Å². The second kappa shape index (κ2) is 8.13. The summed E-state index contributed by atoms with van der Waals surface area (Å²) in [5.74, 6) is -1.33. The van der Waals surface area contributed by atoms with E-state index in [4.69, 9.17) is 9.47 Å². The Labute approximate surface area is 162 Å². The van der Waals surface area contributed by atoms with Crippen LogP contribution in [0.3, 0.4) is 0 Å². The van der Waals surface area contributed by atoms with Gasteiger partial charge < -0.3 is 14.6 Å². The van der Waals surface area contributed by atoms with Gasteiger partial charge in [-0.15, -0.1) is 10.2 Å². The van der Waals surface area contributed by atoms with Crippen LogP contribution in [0, 0.1) is 0 Å². The molecule has 0 amide bonds. The number of alkyl halides is 3. The lowest BCUT2D eigenvalue weighted by Crippen LogP contribution is -2.12. The van der Waals surface area contributed by atoms with Crippen molar-refractivity contribution in [1.29, 1.82) is 0 Å². The number of halogens is 3. The second-order valence-electron chi connectivity index (χ2n) is 5.69. The highest BCUT2D eigenvalue weighted by atomic mass is 19.4. The number of carbonyl (C=O) groups is 1. The van der Waals surface area contributed by atoms with Crippen molar-refractivity contribution in [2.45, 2.75) is 13.1 Å². The number of esters is 1. The summed E-state index contributed by atoms with van der Waals surface area (Å²) in [6.45, 7) is 1.65. The fourth-order valence-electron chi connectivity index (χ4n) is 2.33. The molecule has 0 aliphatic carbocycles. The summed E-state index contributed by atoms with van der Waals surface area (Å²) in [6, 6.07) is 10.0. The van der Waals surface area contributed by atoms with Crippen molar-refractivity contribution in [3.8, 4) is 28.8 Å². The van der Waals surface area contributed by atoms with Gasteiger partial charge in [0.15, 0.2) is 5.82 Å². The number of benzene rings is 2. The van der Waals surface area contributed by atoms with E-state index in [0.717, 1.165) is 12.1 Å². The number of hydrogen-bond acceptors (Lipinski definition) is 7. The third kappa shape index (κ3) is 4.78. The molecule has 0 fully saturated rings. The third-order valence-electron chi connectivity index (χ3n) is 3.60. The Hall–Kier alpha value is -3.69. The molecule has 0 atom stereocenters. The van der Waals surface area contributed by atoms with Gasteiger partial charge in [0.05, 0.1) is 12.2 Å². The first-order chi connectivity index (χ1) is 13.8. The quantitative estimate of drug-likeness (QED) is 0.635. The molecule has 0 saturated carbocycles. The standard InChI is InChI=1S/C19H14F3N3O4/c1-2-28-18(27)15-17(29-14-8-4-7-13(26)10-14)23-16(25-24-15)11-5-3-6-12(9-11)19(20,21)22/h3-10,26H,2H2,1H3. The van der Waals surface area contributed by atoms with Crippen LogP contribution in [0.5, 0.6) is 17.4 Å². The van der Waals surface area contributed by atoms with Crippen molar-refractivity contribution in [3.05, 3.63) is 59.8 Å². The number of aromatic nitrogens is 3. The van der Waals surface area contributed by atoms with Crippen LogP contribution >= 0.6 is 0 Å². The Morgan fingerprint density at radius 3 is 2.55 bits per heavy atom. The van der Waals surface area contributed by atoms with Gasteiger partial charge in [0.25, 0.3) is 5.88 Å². The van der Waals surface area contributed by atoms with Crippen molar-refractivity contribution in [1.82, 2.24) is 15.2 Å². The van der Waals surface area contributed by atoms with Gasteiger partial charge in [-0.3, -0.25) is 0 Å². The van der Waals surface area contributed by atoms with Crippen molar-refractivity contribution in [2.75, 3.05) is 6.61 Å². The topological polar surface area (TPSA) is 94.4 Å². The van der Waals surface area contributed by atoms with E-state index in [1.165, 1.54) is 36.4 Å². The van der Waals surface area contributed by atoms with E-state index < -0.39 is 17.7 Å². The summed E-state index contributed by atoms with van der Waals surface area (Å²) >= 11 is 0. The molecule has 1 N–H and O–H groups in total. The third-order valence-corrected chi connectivity index (χ3v) is 3.60. The maximum absolute atomic E-state index is 13.0. The number of ether oxygens (including phenoxy) is 2. The van der Waals surface area contributed by atoms with E-state index in [1.807, 2.05) is 0 Å². The number of rotatable bonds is 5. The number of phenolic OH excluding ortho intramolecular Hbond substituents is 1. The first kappa shape index (κ1) is 20.1. The molecule has 0 bridgehead atoms. The van der Waals surface area contributed by atoms with Crippen molar-refractivity contribution in [3.63, 3.8) is 0 Å². The summed E-state index contributed by atoms with van der Waals surface area (Å²) in [6.07, 6.45) is -4.55. The van der Waals surface area contributed by atoms with E-state index in [0.29, 0.717) is 0 Å². The first-order valence-electron chi connectivity index (χ1n) is 8.34. The van der Waals surface area contributed by atoms with Gasteiger partial charge in [-0.1, -0.05) is 18.2 Å². The summed E-state index contributed by atoms with van der Waals surface area (Å²) in [7, 11) is 0. The van der Waals surface area contributed by atoms with Crippen LogP contribution in [-0.2, 0) is 10.9 Å². The van der Waals surface area contributed by atoms with Crippen molar-refractivity contribution < 1.29 is 32.5 Å². The summed E-state index contributed by atoms with van der Waals surface area (Å²) < 4.78 is 49.3. The van der Waals surface area contributed by atoms with Gasteiger partial charge in [0.1, 0.15) is 11.5 Å². The minimum Gasteiger partial charge on any atom is -0.508 e. The zero-order chi connectivity index (χ0) is 21.0. The summed E-state index contributed by atoms with van der Waals surface area (Å²) in [5.41, 5.74) is -1.21. The zero-order valence-electron chi connectivity index (χ0n) is 15.0. The molecule has 0 radical (unpaired) electrons. The molecular formula is C19H14F3N3O4. The number of nitrogens with zero attached hydrogens (tertiary/aromatic N) is 3. The molecule has 10 heteroatoms. The molecule has 0 unspecified atom stereocenters. The first-order valence-corrected chi connectivity index (χ1v) is 8.34. The highest BCUT2D eigenvalue weighted by Crippen LogP contribution is 2.32. The van der Waals surface area contributed by atoms with Crippen LogP contribution in [-0.4, -0.2) is 32.9 Å². The Morgan fingerprint density at radius 2 is 1.86 bits per heavy atom. The number of aromatic hydroxyl groups is 1. The lowest BCUT2D eigenvalue weighted by atomic mass is 10.1. The smallest absolute Gasteiger partial charge is 0.416 e. The minimum absolute atomic E-state index is 0.0310. The molecule has 1 heterocycles. The van der Waals surface area contributed by atoms with Gasteiger partial charge in [-0.2, -0.15) is 18.2 Å². The maximum Gasteiger partial charge on any atom is 0.416 e. The van der Waals surface area contributed by atoms with E-state index in [-0.39, 0.29) is 41.1 Å². The van der Waals surface area contributed by atoms with Crippen molar-refractivity contribution in [2.24, 2.45) is 0 Å². The minimum atomic E-state index is -4.55. The van der Waals surface area contributed by atoms with Crippen LogP contribution < -0.4 is 4.74 Å². The zero-order valence-corrected chi connectivity index (χ0v) is 15.0.